The molecule has 0 aliphatic carbocycles. The molecule has 0 saturated heterocycles. The number of carbonyl (C=O) groups is 1. The highest BCUT2D eigenvalue weighted by Gasteiger charge is 2.02. The van der Waals surface area contributed by atoms with Crippen molar-refractivity contribution in [3.8, 4) is 5.75 Å². The first-order valence-electron chi connectivity index (χ1n) is 6.84. The van der Waals surface area contributed by atoms with Crippen molar-refractivity contribution in [3.05, 3.63) is 24.3 Å². The van der Waals surface area contributed by atoms with Crippen LogP contribution in [0.3, 0.4) is 0 Å². The normalized spacial score (nSPS) is 11.3. The van der Waals surface area contributed by atoms with Crippen molar-refractivity contribution >= 4 is 17.4 Å². The summed E-state index contributed by atoms with van der Waals surface area (Å²) in [5.74, 6) is 1.30. The first-order valence-corrected chi connectivity index (χ1v) is 6.84. The Labute approximate surface area is 120 Å². The molecule has 0 saturated carbocycles. The lowest BCUT2D eigenvalue weighted by Crippen LogP contribution is -2.25. The molecule has 2 amide bonds. The molecule has 1 rings (SSSR count). The summed E-state index contributed by atoms with van der Waals surface area (Å²) in [6.45, 7) is 8.67. The Kier molecular flexibility index (Phi) is 6.56. The highest BCUT2D eigenvalue weighted by Crippen LogP contribution is 2.15. The Hall–Kier alpha value is -2.04. The zero-order valence-electron chi connectivity index (χ0n) is 12.6. The molecule has 5 nitrogen and oxygen atoms in total. The number of hydrazone groups is 1. The minimum Gasteiger partial charge on any atom is -0.494 e. The molecule has 5 heteroatoms. The number of hydrogen-bond acceptors (Lipinski definition) is 3. The second kappa shape index (κ2) is 8.19. The van der Waals surface area contributed by atoms with Gasteiger partial charge in [-0.05, 0) is 50.5 Å². The number of anilines is 1. The third-order valence-electron chi connectivity index (χ3n) is 2.48. The molecule has 0 radical (unpaired) electrons. The largest absolute Gasteiger partial charge is 0.494 e. The standard InChI is InChI=1S/C15H23N3O2/c1-5-20-14-8-6-13(7-9-14)16-15(19)18-17-12(4)10-11(2)3/h6-9,11H,5,10H2,1-4H3,(H2,16,18,19)/b17-12+. The third kappa shape index (κ3) is 6.22. The van der Waals surface area contributed by atoms with Crippen LogP contribution in [0.2, 0.25) is 0 Å². The maximum Gasteiger partial charge on any atom is 0.339 e. The summed E-state index contributed by atoms with van der Waals surface area (Å²) >= 11 is 0. The number of ether oxygens (including phenoxy) is 1. The van der Waals surface area contributed by atoms with Gasteiger partial charge < -0.3 is 10.1 Å². The Bertz CT molecular complexity index is 453. The van der Waals surface area contributed by atoms with E-state index in [4.69, 9.17) is 4.74 Å². The summed E-state index contributed by atoms with van der Waals surface area (Å²) in [6.07, 6.45) is 0.864. The van der Waals surface area contributed by atoms with Crippen LogP contribution in [0.15, 0.2) is 29.4 Å². The molecule has 1 aromatic carbocycles. The van der Waals surface area contributed by atoms with E-state index in [1.165, 1.54) is 0 Å². The Morgan fingerprint density at radius 3 is 2.50 bits per heavy atom. The number of rotatable bonds is 6. The highest BCUT2D eigenvalue weighted by atomic mass is 16.5. The highest BCUT2D eigenvalue weighted by molar-refractivity contribution is 5.91. The number of nitrogens with one attached hydrogen (secondary N) is 2. The van der Waals surface area contributed by atoms with E-state index in [-0.39, 0.29) is 6.03 Å². The van der Waals surface area contributed by atoms with Crippen molar-refractivity contribution in [1.82, 2.24) is 5.43 Å². The molecule has 20 heavy (non-hydrogen) atoms. The van der Waals surface area contributed by atoms with Crippen LogP contribution in [0.25, 0.3) is 0 Å². The van der Waals surface area contributed by atoms with E-state index in [0.29, 0.717) is 18.2 Å². The van der Waals surface area contributed by atoms with E-state index in [1.807, 2.05) is 26.0 Å². The average molecular weight is 277 g/mol. The first kappa shape index (κ1) is 16.0. The van der Waals surface area contributed by atoms with Gasteiger partial charge in [-0.1, -0.05) is 13.8 Å². The van der Waals surface area contributed by atoms with Gasteiger partial charge in [0.2, 0.25) is 0 Å². The topological polar surface area (TPSA) is 62.7 Å². The van der Waals surface area contributed by atoms with E-state index in [0.717, 1.165) is 17.9 Å². The SMILES string of the molecule is CCOc1ccc(NC(=O)N/N=C(\C)CC(C)C)cc1. The van der Waals surface area contributed by atoms with Crippen molar-refractivity contribution in [2.75, 3.05) is 11.9 Å². The van der Waals surface area contributed by atoms with Crippen LogP contribution in [-0.4, -0.2) is 18.3 Å². The summed E-state index contributed by atoms with van der Waals surface area (Å²) in [5.41, 5.74) is 4.08. The molecule has 0 fully saturated rings. The summed E-state index contributed by atoms with van der Waals surface area (Å²) in [4.78, 5) is 11.7. The smallest absolute Gasteiger partial charge is 0.339 e. The molecule has 2 N–H and O–H groups in total. The summed E-state index contributed by atoms with van der Waals surface area (Å²) in [7, 11) is 0. The monoisotopic (exact) mass is 277 g/mol. The van der Waals surface area contributed by atoms with Crippen molar-refractivity contribution in [3.63, 3.8) is 0 Å². The first-order chi connectivity index (χ1) is 9.51. The van der Waals surface area contributed by atoms with Crippen LogP contribution in [0, 0.1) is 5.92 Å². The number of carbonyl (C=O) groups excluding carboxylic acids is 1. The lowest BCUT2D eigenvalue weighted by atomic mass is 10.1. The number of hydrogen-bond donors (Lipinski definition) is 2. The van der Waals surface area contributed by atoms with E-state index in [2.05, 4.69) is 29.7 Å². The van der Waals surface area contributed by atoms with Crippen molar-refractivity contribution in [2.24, 2.45) is 11.0 Å². The van der Waals surface area contributed by atoms with Gasteiger partial charge in [-0.2, -0.15) is 5.10 Å². The summed E-state index contributed by atoms with van der Waals surface area (Å²) in [5, 5.41) is 6.74. The van der Waals surface area contributed by atoms with Gasteiger partial charge in [-0.15, -0.1) is 0 Å². The van der Waals surface area contributed by atoms with Crippen LogP contribution in [0.4, 0.5) is 10.5 Å². The molecule has 0 aliphatic heterocycles. The second-order valence-corrected chi connectivity index (χ2v) is 4.97. The van der Waals surface area contributed by atoms with E-state index in [9.17, 15) is 4.79 Å². The van der Waals surface area contributed by atoms with Crippen LogP contribution in [-0.2, 0) is 0 Å². The Morgan fingerprint density at radius 1 is 1.30 bits per heavy atom. The van der Waals surface area contributed by atoms with Gasteiger partial charge in [-0.3, -0.25) is 0 Å². The molecule has 110 valence electrons. The molecule has 0 aromatic heterocycles. The number of benzene rings is 1. The van der Waals surface area contributed by atoms with Crippen LogP contribution in [0.1, 0.15) is 34.1 Å². The second-order valence-electron chi connectivity index (χ2n) is 4.97. The van der Waals surface area contributed by atoms with Gasteiger partial charge in [0, 0.05) is 11.4 Å². The minimum atomic E-state index is -0.350. The third-order valence-corrected chi connectivity index (χ3v) is 2.48. The van der Waals surface area contributed by atoms with Crippen molar-refractivity contribution in [1.29, 1.82) is 0 Å². The van der Waals surface area contributed by atoms with Crippen LogP contribution in [0.5, 0.6) is 5.75 Å². The Morgan fingerprint density at radius 2 is 1.95 bits per heavy atom. The lowest BCUT2D eigenvalue weighted by molar-refractivity contribution is 0.252. The fourth-order valence-electron chi connectivity index (χ4n) is 1.74. The lowest BCUT2D eigenvalue weighted by Gasteiger charge is -2.07. The number of amides is 2. The van der Waals surface area contributed by atoms with Gasteiger partial charge in [0.25, 0.3) is 0 Å². The molecule has 0 heterocycles. The van der Waals surface area contributed by atoms with Gasteiger partial charge in [0.05, 0.1) is 6.61 Å². The van der Waals surface area contributed by atoms with Crippen LogP contribution >= 0.6 is 0 Å². The quantitative estimate of drug-likeness (QED) is 0.616. The molecular weight excluding hydrogens is 254 g/mol. The van der Waals surface area contributed by atoms with Crippen molar-refractivity contribution < 1.29 is 9.53 Å². The average Bonchev–Trinajstić information content (AvgIpc) is 2.38. The molecule has 0 aliphatic rings. The van der Waals surface area contributed by atoms with E-state index < -0.39 is 0 Å². The fourth-order valence-corrected chi connectivity index (χ4v) is 1.74. The summed E-state index contributed by atoms with van der Waals surface area (Å²) < 4.78 is 5.33. The maximum absolute atomic E-state index is 11.7. The maximum atomic E-state index is 11.7. The molecule has 0 atom stereocenters. The van der Waals surface area contributed by atoms with Crippen molar-refractivity contribution in [2.45, 2.75) is 34.1 Å². The van der Waals surface area contributed by atoms with E-state index in [1.54, 1.807) is 12.1 Å². The van der Waals surface area contributed by atoms with E-state index >= 15 is 0 Å². The van der Waals surface area contributed by atoms with Gasteiger partial charge >= 0.3 is 6.03 Å². The zero-order chi connectivity index (χ0) is 15.0. The summed E-state index contributed by atoms with van der Waals surface area (Å²) in [6, 6.07) is 6.85. The zero-order valence-corrected chi connectivity index (χ0v) is 12.6. The van der Waals surface area contributed by atoms with Gasteiger partial charge in [0.15, 0.2) is 0 Å². The number of nitrogens with zero attached hydrogens (tertiary/aromatic N) is 1. The minimum absolute atomic E-state index is 0.350. The van der Waals surface area contributed by atoms with Gasteiger partial charge in [-0.25, -0.2) is 10.2 Å². The molecule has 0 unspecified atom stereocenters. The predicted octanol–water partition coefficient (Wildman–Crippen LogP) is 3.63. The van der Waals surface area contributed by atoms with Gasteiger partial charge in [0.1, 0.15) is 5.75 Å². The molecule has 0 spiro atoms. The molecule has 1 aromatic rings. The molecular formula is C15H23N3O2. The fraction of sp³-hybridized carbons (Fsp3) is 0.467. The molecule has 0 bridgehead atoms. The van der Waals surface area contributed by atoms with Crippen LogP contribution < -0.4 is 15.5 Å². The number of urea groups is 1. The Balaban J connectivity index is 2.45. The predicted molar refractivity (Wildman–Crippen MR) is 82.3 cm³/mol.